The van der Waals surface area contributed by atoms with Crippen molar-refractivity contribution in [1.82, 2.24) is 13.9 Å². The smallest absolute Gasteiger partial charge is 0.281 e. The molecule has 0 saturated carbocycles. The molecule has 2 atom stereocenters. The quantitative estimate of drug-likeness (QED) is 0.669. The van der Waals surface area contributed by atoms with Crippen molar-refractivity contribution < 1.29 is 13.2 Å². The molecule has 1 aliphatic rings. The predicted molar refractivity (Wildman–Crippen MR) is 80.9 cm³/mol. The monoisotopic (exact) mass is 307 g/mol. The lowest BCUT2D eigenvalue weighted by Gasteiger charge is -2.30. The van der Waals surface area contributed by atoms with E-state index in [2.05, 4.69) is 19.2 Å². The molecule has 0 bridgehead atoms. The van der Waals surface area contributed by atoms with E-state index >= 15 is 0 Å². The van der Waals surface area contributed by atoms with Gasteiger partial charge in [-0.3, -0.25) is 0 Å². The number of rotatable bonds is 8. The Morgan fingerprint density at radius 1 is 1.35 bits per heavy atom. The van der Waals surface area contributed by atoms with Crippen molar-refractivity contribution in [3.8, 4) is 0 Å². The molecule has 7 heteroatoms. The van der Waals surface area contributed by atoms with Crippen LogP contribution < -0.4 is 5.32 Å². The Bertz CT molecular complexity index is 386. The van der Waals surface area contributed by atoms with Gasteiger partial charge in [-0.25, -0.2) is 0 Å². The highest BCUT2D eigenvalue weighted by molar-refractivity contribution is 7.86. The summed E-state index contributed by atoms with van der Waals surface area (Å²) in [5.41, 5.74) is 0. The molecule has 1 rings (SSSR count). The second-order valence-corrected chi connectivity index (χ2v) is 7.83. The summed E-state index contributed by atoms with van der Waals surface area (Å²) in [6.07, 6.45) is 1.53. The highest BCUT2D eigenvalue weighted by Gasteiger charge is 2.36. The molecule has 1 heterocycles. The molecule has 2 unspecified atom stereocenters. The standard InChI is InChI=1S/C13H29N3O3S/c1-11(2)14-8-6-9-15(4)20(17,18)16(5)13-7-10-19-12(13)3/h11-14H,6-10H2,1-5H3. The van der Waals surface area contributed by atoms with E-state index in [-0.39, 0.29) is 12.1 Å². The van der Waals surface area contributed by atoms with Gasteiger partial charge >= 0.3 is 0 Å². The summed E-state index contributed by atoms with van der Waals surface area (Å²) in [7, 11) is -0.110. The van der Waals surface area contributed by atoms with E-state index < -0.39 is 10.2 Å². The van der Waals surface area contributed by atoms with Crippen molar-refractivity contribution in [3.05, 3.63) is 0 Å². The Balaban J connectivity index is 2.49. The van der Waals surface area contributed by atoms with Crippen molar-refractivity contribution in [3.63, 3.8) is 0 Å². The van der Waals surface area contributed by atoms with E-state index in [0.717, 1.165) is 19.4 Å². The molecule has 20 heavy (non-hydrogen) atoms. The van der Waals surface area contributed by atoms with Gasteiger partial charge in [0.05, 0.1) is 12.1 Å². The van der Waals surface area contributed by atoms with Crippen LogP contribution in [-0.2, 0) is 14.9 Å². The van der Waals surface area contributed by atoms with Gasteiger partial charge in [0, 0.05) is 33.3 Å². The van der Waals surface area contributed by atoms with Gasteiger partial charge in [-0.15, -0.1) is 0 Å². The third kappa shape index (κ3) is 4.66. The molecule has 1 N–H and O–H groups in total. The molecule has 0 radical (unpaired) electrons. The Morgan fingerprint density at radius 2 is 2.00 bits per heavy atom. The topological polar surface area (TPSA) is 61.9 Å². The number of hydrogen-bond acceptors (Lipinski definition) is 4. The molecule has 0 aliphatic carbocycles. The molecular formula is C13H29N3O3S. The average molecular weight is 307 g/mol. The summed E-state index contributed by atoms with van der Waals surface area (Å²) in [4.78, 5) is 0. The summed E-state index contributed by atoms with van der Waals surface area (Å²) < 4.78 is 33.3. The number of ether oxygens (including phenoxy) is 1. The third-order valence-electron chi connectivity index (χ3n) is 3.76. The normalized spacial score (nSPS) is 24.2. The zero-order valence-electron chi connectivity index (χ0n) is 13.3. The summed E-state index contributed by atoms with van der Waals surface area (Å²) >= 11 is 0. The molecule has 120 valence electrons. The molecule has 0 amide bonds. The maximum Gasteiger partial charge on any atom is 0.281 e. The van der Waals surface area contributed by atoms with Gasteiger partial charge in [-0.1, -0.05) is 13.8 Å². The number of nitrogens with one attached hydrogen (secondary N) is 1. The largest absolute Gasteiger partial charge is 0.377 e. The highest BCUT2D eigenvalue weighted by atomic mass is 32.2. The minimum atomic E-state index is -3.40. The Hall–Kier alpha value is -0.210. The molecule has 0 aromatic heterocycles. The van der Waals surface area contributed by atoms with Crippen LogP contribution in [0.25, 0.3) is 0 Å². The Labute approximate surface area is 123 Å². The summed E-state index contributed by atoms with van der Waals surface area (Å²) in [5.74, 6) is 0. The van der Waals surface area contributed by atoms with E-state index in [1.165, 1.54) is 8.61 Å². The van der Waals surface area contributed by atoms with Crippen LogP contribution in [0, 0.1) is 0 Å². The molecule has 0 spiro atoms. The van der Waals surface area contributed by atoms with Gasteiger partial charge in [0.15, 0.2) is 0 Å². The fraction of sp³-hybridized carbons (Fsp3) is 1.00. The number of likely N-dealkylation sites (N-methyl/N-ethyl adjacent to an activating group) is 1. The lowest BCUT2D eigenvalue weighted by molar-refractivity contribution is 0.101. The van der Waals surface area contributed by atoms with Crippen LogP contribution in [0.15, 0.2) is 0 Å². The fourth-order valence-corrected chi connectivity index (χ4v) is 3.82. The van der Waals surface area contributed by atoms with E-state index in [9.17, 15) is 8.42 Å². The molecule has 1 aliphatic heterocycles. The molecule has 0 aromatic carbocycles. The third-order valence-corrected chi connectivity index (χ3v) is 5.73. The van der Waals surface area contributed by atoms with Gasteiger partial charge in [0.2, 0.25) is 0 Å². The SMILES string of the molecule is CC(C)NCCCN(C)S(=O)(=O)N(C)C1CCOC1C. The highest BCUT2D eigenvalue weighted by Crippen LogP contribution is 2.21. The molecule has 0 aromatic rings. The average Bonchev–Trinajstić information content (AvgIpc) is 2.79. The zero-order valence-corrected chi connectivity index (χ0v) is 14.1. The van der Waals surface area contributed by atoms with Crippen molar-refractivity contribution >= 4 is 10.2 Å². The van der Waals surface area contributed by atoms with E-state index in [1.807, 2.05) is 6.92 Å². The van der Waals surface area contributed by atoms with Crippen molar-refractivity contribution in [2.24, 2.45) is 0 Å². The van der Waals surface area contributed by atoms with Crippen LogP contribution >= 0.6 is 0 Å². The first-order valence-corrected chi connectivity index (χ1v) is 8.70. The second-order valence-electron chi connectivity index (χ2n) is 5.74. The second kappa shape index (κ2) is 7.70. The van der Waals surface area contributed by atoms with Gasteiger partial charge in [-0.05, 0) is 26.3 Å². The van der Waals surface area contributed by atoms with Crippen LogP contribution in [0.1, 0.15) is 33.6 Å². The van der Waals surface area contributed by atoms with Crippen LogP contribution in [-0.4, -0.2) is 69.0 Å². The maximum absolute atomic E-state index is 12.5. The Kier molecular flexibility index (Phi) is 6.87. The molecule has 1 saturated heterocycles. The number of nitrogens with zero attached hydrogens (tertiary/aromatic N) is 2. The van der Waals surface area contributed by atoms with Gasteiger partial charge in [0.1, 0.15) is 0 Å². The van der Waals surface area contributed by atoms with Crippen LogP contribution in [0.3, 0.4) is 0 Å². The van der Waals surface area contributed by atoms with Crippen LogP contribution in [0.5, 0.6) is 0 Å². The predicted octanol–water partition coefficient (Wildman–Crippen LogP) is 0.660. The lowest BCUT2D eigenvalue weighted by Crippen LogP contribution is -2.47. The van der Waals surface area contributed by atoms with Gasteiger partial charge in [0.25, 0.3) is 10.2 Å². The first kappa shape index (κ1) is 17.8. The van der Waals surface area contributed by atoms with Gasteiger partial charge < -0.3 is 10.1 Å². The lowest BCUT2D eigenvalue weighted by atomic mass is 10.2. The zero-order chi connectivity index (χ0) is 15.3. The van der Waals surface area contributed by atoms with Crippen molar-refractivity contribution in [2.45, 2.75) is 51.8 Å². The molecule has 6 nitrogen and oxygen atoms in total. The summed E-state index contributed by atoms with van der Waals surface area (Å²) in [6.45, 7) is 8.06. The minimum Gasteiger partial charge on any atom is -0.377 e. The molecule has 1 fully saturated rings. The Morgan fingerprint density at radius 3 is 2.50 bits per heavy atom. The van der Waals surface area contributed by atoms with E-state index in [1.54, 1.807) is 14.1 Å². The first-order valence-electron chi connectivity index (χ1n) is 7.31. The van der Waals surface area contributed by atoms with E-state index in [0.29, 0.717) is 19.2 Å². The summed E-state index contributed by atoms with van der Waals surface area (Å²) in [5, 5.41) is 3.29. The van der Waals surface area contributed by atoms with Crippen LogP contribution in [0.2, 0.25) is 0 Å². The van der Waals surface area contributed by atoms with Gasteiger partial charge in [-0.2, -0.15) is 17.0 Å². The molecular weight excluding hydrogens is 278 g/mol. The number of hydrogen-bond donors (Lipinski definition) is 1. The van der Waals surface area contributed by atoms with Crippen LogP contribution in [0.4, 0.5) is 0 Å². The maximum atomic E-state index is 12.5. The minimum absolute atomic E-state index is 0.0363. The van der Waals surface area contributed by atoms with Crippen molar-refractivity contribution in [1.29, 1.82) is 0 Å². The summed E-state index contributed by atoms with van der Waals surface area (Å²) in [6, 6.07) is 0.368. The first-order chi connectivity index (χ1) is 9.26. The van der Waals surface area contributed by atoms with Crippen molar-refractivity contribution in [2.75, 3.05) is 33.8 Å². The van der Waals surface area contributed by atoms with E-state index in [4.69, 9.17) is 4.74 Å². The fourth-order valence-electron chi connectivity index (χ4n) is 2.40.